The molecule has 0 saturated carbocycles. The molecular weight excluding hydrogens is 224 g/mol. The van der Waals surface area contributed by atoms with Gasteiger partial charge in [0.1, 0.15) is 11.3 Å². The number of aromatic nitrogens is 1. The number of carboxylic acid groups (broad SMARTS) is 1. The average molecular weight is 240 g/mol. The molecule has 6 nitrogen and oxygen atoms in total. The fourth-order valence-electron chi connectivity index (χ4n) is 1.52. The Morgan fingerprint density at radius 3 is 2.59 bits per heavy atom. The molecule has 1 unspecified atom stereocenters. The Labute approximate surface area is 99.0 Å². The second kappa shape index (κ2) is 5.47. The number of aryl methyl sites for hydroxylation is 2. The molecule has 0 fully saturated rings. The lowest BCUT2D eigenvalue weighted by molar-refractivity contribution is -0.137. The SMILES string of the molecule is Cc1noc(C)c1C(=O)NC(C)CCC(=O)O. The third-order valence-electron chi connectivity index (χ3n) is 2.43. The highest BCUT2D eigenvalue weighted by atomic mass is 16.5. The highest BCUT2D eigenvalue weighted by Crippen LogP contribution is 2.12. The normalized spacial score (nSPS) is 12.2. The Bertz CT molecular complexity index is 406. The van der Waals surface area contributed by atoms with Crippen LogP contribution in [0.25, 0.3) is 0 Å². The number of carboxylic acids is 1. The van der Waals surface area contributed by atoms with Gasteiger partial charge >= 0.3 is 5.97 Å². The maximum atomic E-state index is 11.8. The van der Waals surface area contributed by atoms with Gasteiger partial charge in [-0.25, -0.2) is 0 Å². The summed E-state index contributed by atoms with van der Waals surface area (Å²) in [5.74, 6) is -0.687. The van der Waals surface area contributed by atoms with Crippen LogP contribution in [-0.2, 0) is 4.79 Å². The molecule has 0 spiro atoms. The standard InChI is InChI=1S/C11H16N2O4/c1-6(4-5-9(14)15)12-11(16)10-7(2)13-17-8(10)3/h6H,4-5H2,1-3H3,(H,12,16)(H,14,15). The summed E-state index contributed by atoms with van der Waals surface area (Å²) in [6.07, 6.45) is 0.424. The number of hydrogen-bond acceptors (Lipinski definition) is 4. The lowest BCUT2D eigenvalue weighted by Crippen LogP contribution is -2.33. The predicted molar refractivity (Wildman–Crippen MR) is 59.8 cm³/mol. The second-order valence-corrected chi connectivity index (χ2v) is 4.01. The van der Waals surface area contributed by atoms with Gasteiger partial charge in [0.05, 0.1) is 5.69 Å². The maximum absolute atomic E-state index is 11.8. The largest absolute Gasteiger partial charge is 0.481 e. The maximum Gasteiger partial charge on any atom is 0.303 e. The quantitative estimate of drug-likeness (QED) is 0.808. The van der Waals surface area contributed by atoms with E-state index in [1.165, 1.54) is 0 Å². The Hall–Kier alpha value is -1.85. The molecule has 1 aromatic rings. The van der Waals surface area contributed by atoms with Gasteiger partial charge in [0.2, 0.25) is 0 Å². The molecule has 1 amide bonds. The molecule has 17 heavy (non-hydrogen) atoms. The number of hydrogen-bond donors (Lipinski definition) is 2. The van der Waals surface area contributed by atoms with Crippen molar-refractivity contribution in [3.63, 3.8) is 0 Å². The van der Waals surface area contributed by atoms with Gasteiger partial charge in [0.15, 0.2) is 0 Å². The molecule has 0 aliphatic heterocycles. The molecule has 94 valence electrons. The van der Waals surface area contributed by atoms with Gasteiger partial charge in [-0.05, 0) is 27.2 Å². The van der Waals surface area contributed by atoms with Crippen LogP contribution in [0.2, 0.25) is 0 Å². The summed E-state index contributed by atoms with van der Waals surface area (Å²) < 4.78 is 4.89. The molecule has 1 aromatic heterocycles. The molecule has 6 heteroatoms. The number of nitrogens with one attached hydrogen (secondary N) is 1. The van der Waals surface area contributed by atoms with E-state index < -0.39 is 5.97 Å². The van der Waals surface area contributed by atoms with Crippen LogP contribution < -0.4 is 5.32 Å². The topological polar surface area (TPSA) is 92.4 Å². The van der Waals surface area contributed by atoms with Crippen molar-refractivity contribution >= 4 is 11.9 Å². The molecule has 2 N–H and O–H groups in total. The van der Waals surface area contributed by atoms with Crippen molar-refractivity contribution in [1.82, 2.24) is 10.5 Å². The summed E-state index contributed by atoms with van der Waals surface area (Å²) in [6.45, 7) is 5.11. The van der Waals surface area contributed by atoms with Crippen LogP contribution in [-0.4, -0.2) is 28.2 Å². The van der Waals surface area contributed by atoms with Gasteiger partial charge in [-0.2, -0.15) is 0 Å². The second-order valence-electron chi connectivity index (χ2n) is 4.01. The number of carbonyl (C=O) groups is 2. The lowest BCUT2D eigenvalue weighted by Gasteiger charge is -2.12. The summed E-state index contributed by atoms with van der Waals surface area (Å²) in [5, 5.41) is 14.9. The third kappa shape index (κ3) is 3.58. The van der Waals surface area contributed by atoms with Crippen LogP contribution in [0.4, 0.5) is 0 Å². The van der Waals surface area contributed by atoms with Gasteiger partial charge in [0, 0.05) is 12.5 Å². The Balaban J connectivity index is 2.58. The smallest absolute Gasteiger partial charge is 0.303 e. The first-order chi connectivity index (χ1) is 7.91. The van der Waals surface area contributed by atoms with Gasteiger partial charge in [-0.15, -0.1) is 0 Å². The van der Waals surface area contributed by atoms with E-state index in [1.54, 1.807) is 20.8 Å². The van der Waals surface area contributed by atoms with Crippen molar-refractivity contribution in [3.8, 4) is 0 Å². The van der Waals surface area contributed by atoms with Crippen LogP contribution in [0.15, 0.2) is 4.52 Å². The molecule has 0 aromatic carbocycles. The van der Waals surface area contributed by atoms with Crippen molar-refractivity contribution in [2.45, 2.75) is 39.7 Å². The zero-order valence-corrected chi connectivity index (χ0v) is 10.1. The summed E-state index contributed by atoms with van der Waals surface area (Å²) in [4.78, 5) is 22.2. The molecule has 1 heterocycles. The number of rotatable bonds is 5. The van der Waals surface area contributed by atoms with E-state index >= 15 is 0 Å². The van der Waals surface area contributed by atoms with E-state index in [2.05, 4.69) is 10.5 Å². The summed E-state index contributed by atoms with van der Waals surface area (Å²) in [6, 6.07) is -0.202. The molecule has 1 atom stereocenters. The van der Waals surface area contributed by atoms with E-state index in [9.17, 15) is 9.59 Å². The summed E-state index contributed by atoms with van der Waals surface area (Å²) in [7, 11) is 0. The van der Waals surface area contributed by atoms with Crippen molar-refractivity contribution in [2.75, 3.05) is 0 Å². The molecule has 0 bridgehead atoms. The predicted octanol–water partition coefficient (Wildman–Crippen LogP) is 1.27. The van der Waals surface area contributed by atoms with Crippen LogP contribution in [0.1, 0.15) is 41.6 Å². The number of amides is 1. The fraction of sp³-hybridized carbons (Fsp3) is 0.545. The van der Waals surface area contributed by atoms with E-state index in [0.29, 0.717) is 23.4 Å². The first-order valence-electron chi connectivity index (χ1n) is 5.37. The van der Waals surface area contributed by atoms with Crippen LogP contribution in [0.3, 0.4) is 0 Å². The van der Waals surface area contributed by atoms with Crippen LogP contribution >= 0.6 is 0 Å². The van der Waals surface area contributed by atoms with Crippen molar-refractivity contribution < 1.29 is 19.2 Å². The highest BCUT2D eigenvalue weighted by molar-refractivity contribution is 5.96. The lowest BCUT2D eigenvalue weighted by atomic mass is 10.1. The molecular formula is C11H16N2O4. The molecule has 0 aliphatic rings. The zero-order chi connectivity index (χ0) is 13.0. The third-order valence-corrected chi connectivity index (χ3v) is 2.43. The van der Waals surface area contributed by atoms with Crippen molar-refractivity contribution in [1.29, 1.82) is 0 Å². The average Bonchev–Trinajstić information content (AvgIpc) is 2.55. The van der Waals surface area contributed by atoms with E-state index in [1.807, 2.05) is 0 Å². The minimum atomic E-state index is -0.872. The van der Waals surface area contributed by atoms with E-state index in [0.717, 1.165) is 0 Å². The van der Waals surface area contributed by atoms with Gasteiger partial charge in [-0.3, -0.25) is 9.59 Å². The summed E-state index contributed by atoms with van der Waals surface area (Å²) >= 11 is 0. The van der Waals surface area contributed by atoms with E-state index in [-0.39, 0.29) is 18.4 Å². The van der Waals surface area contributed by atoms with Crippen molar-refractivity contribution in [2.24, 2.45) is 0 Å². The first kappa shape index (κ1) is 13.2. The van der Waals surface area contributed by atoms with Crippen LogP contribution in [0, 0.1) is 13.8 Å². The number of nitrogens with zero attached hydrogens (tertiary/aromatic N) is 1. The minimum Gasteiger partial charge on any atom is -0.481 e. The number of carbonyl (C=O) groups excluding carboxylic acids is 1. The molecule has 0 saturated heterocycles. The highest BCUT2D eigenvalue weighted by Gasteiger charge is 2.19. The minimum absolute atomic E-state index is 0.0308. The Kier molecular flexibility index (Phi) is 4.25. The van der Waals surface area contributed by atoms with Gasteiger partial charge < -0.3 is 14.9 Å². The van der Waals surface area contributed by atoms with Gasteiger partial charge in [0.25, 0.3) is 5.91 Å². The number of aliphatic carboxylic acids is 1. The fourth-order valence-corrected chi connectivity index (χ4v) is 1.52. The van der Waals surface area contributed by atoms with Crippen LogP contribution in [0.5, 0.6) is 0 Å². The Morgan fingerprint density at radius 1 is 1.47 bits per heavy atom. The molecule has 1 rings (SSSR count). The monoisotopic (exact) mass is 240 g/mol. The molecule has 0 radical (unpaired) electrons. The zero-order valence-electron chi connectivity index (χ0n) is 10.1. The Morgan fingerprint density at radius 2 is 2.12 bits per heavy atom. The summed E-state index contributed by atoms with van der Waals surface area (Å²) in [5.41, 5.74) is 0.956. The first-order valence-corrected chi connectivity index (χ1v) is 5.37. The van der Waals surface area contributed by atoms with Gasteiger partial charge in [-0.1, -0.05) is 5.16 Å². The molecule has 0 aliphatic carbocycles. The van der Waals surface area contributed by atoms with E-state index in [4.69, 9.17) is 9.63 Å². The van der Waals surface area contributed by atoms with Crippen molar-refractivity contribution in [3.05, 3.63) is 17.0 Å².